The topological polar surface area (TPSA) is 73.3 Å². The molecule has 0 saturated carbocycles. The van der Waals surface area contributed by atoms with E-state index in [1.807, 2.05) is 49.4 Å². The van der Waals surface area contributed by atoms with Crippen molar-refractivity contribution in [1.29, 1.82) is 0 Å². The molecule has 1 aromatic heterocycles. The Balaban J connectivity index is 1.46. The second kappa shape index (κ2) is 10.0. The lowest BCUT2D eigenvalue weighted by molar-refractivity contribution is 0.0946. The molecule has 28 heavy (non-hydrogen) atoms. The highest BCUT2D eigenvalue weighted by Crippen LogP contribution is 2.21. The maximum absolute atomic E-state index is 12.0. The third-order valence-corrected chi connectivity index (χ3v) is 4.56. The molecule has 0 unspecified atom stereocenters. The first-order valence-electron chi connectivity index (χ1n) is 8.89. The van der Waals surface area contributed by atoms with Gasteiger partial charge in [0, 0.05) is 20.8 Å². The Morgan fingerprint density at radius 2 is 1.71 bits per heavy atom. The first-order valence-corrected chi connectivity index (χ1v) is 9.97. The third-order valence-electron chi connectivity index (χ3n) is 3.85. The van der Waals surface area contributed by atoms with Crippen LogP contribution in [0.15, 0.2) is 60.7 Å². The van der Waals surface area contributed by atoms with E-state index in [-0.39, 0.29) is 5.91 Å². The number of halogens is 1. The van der Waals surface area contributed by atoms with E-state index >= 15 is 0 Å². The zero-order valence-electron chi connectivity index (χ0n) is 15.4. The van der Waals surface area contributed by atoms with Crippen molar-refractivity contribution >= 4 is 28.5 Å². The third kappa shape index (κ3) is 5.66. The van der Waals surface area contributed by atoms with E-state index in [1.54, 1.807) is 18.2 Å². The highest BCUT2D eigenvalue weighted by molar-refractivity contribution is 14.1. The lowest BCUT2D eigenvalue weighted by Gasteiger charge is -2.08. The Bertz CT molecular complexity index is 898. The maximum atomic E-state index is 12.0. The normalized spacial score (nSPS) is 10.4. The molecule has 1 N–H and O–H groups in total. The summed E-state index contributed by atoms with van der Waals surface area (Å²) in [6.45, 7) is 3.28. The molecule has 0 saturated heterocycles. The van der Waals surface area contributed by atoms with Crippen LogP contribution in [0.4, 0.5) is 0 Å². The van der Waals surface area contributed by atoms with Gasteiger partial charge >= 0.3 is 0 Å². The van der Waals surface area contributed by atoms with Crippen LogP contribution in [0.25, 0.3) is 11.3 Å². The van der Waals surface area contributed by atoms with Crippen LogP contribution in [0.3, 0.4) is 0 Å². The van der Waals surface area contributed by atoms with Gasteiger partial charge in [-0.3, -0.25) is 4.79 Å². The lowest BCUT2D eigenvalue weighted by Crippen LogP contribution is -2.28. The highest BCUT2D eigenvalue weighted by atomic mass is 127. The molecule has 2 aromatic carbocycles. The maximum Gasteiger partial charge on any atom is 0.251 e. The van der Waals surface area contributed by atoms with E-state index in [9.17, 15) is 4.79 Å². The second-order valence-corrected chi connectivity index (χ2v) is 7.07. The monoisotopic (exact) mass is 489 g/mol. The van der Waals surface area contributed by atoms with Gasteiger partial charge in [0.2, 0.25) is 5.88 Å². The Kier molecular flexibility index (Phi) is 7.18. The van der Waals surface area contributed by atoms with Crippen LogP contribution in [-0.4, -0.2) is 35.9 Å². The molecular formula is C21H20IN3O3. The summed E-state index contributed by atoms with van der Waals surface area (Å²) in [5, 5.41) is 11.1. The summed E-state index contributed by atoms with van der Waals surface area (Å²) in [5.74, 6) is 1.11. The summed E-state index contributed by atoms with van der Waals surface area (Å²) in [4.78, 5) is 12.0. The van der Waals surface area contributed by atoms with Crippen LogP contribution in [-0.2, 0) is 0 Å². The highest BCUT2D eigenvalue weighted by Gasteiger charge is 2.05. The zero-order chi connectivity index (χ0) is 19.8. The fraction of sp³-hybridized carbons (Fsp3) is 0.190. The van der Waals surface area contributed by atoms with E-state index in [0.29, 0.717) is 31.2 Å². The van der Waals surface area contributed by atoms with Crippen molar-refractivity contribution in [2.75, 3.05) is 19.8 Å². The SMILES string of the molecule is CCOc1ccc(-c2ccc(OCCNC(=O)c3ccc(I)cc3)nn2)cc1. The van der Waals surface area contributed by atoms with Gasteiger partial charge in [0.15, 0.2) is 0 Å². The molecule has 0 spiro atoms. The summed E-state index contributed by atoms with van der Waals surface area (Å²) in [7, 11) is 0. The molecule has 1 heterocycles. The summed E-state index contributed by atoms with van der Waals surface area (Å²) in [6, 6.07) is 18.7. The molecule has 0 aliphatic rings. The number of carbonyl (C=O) groups is 1. The Hall–Kier alpha value is -2.68. The van der Waals surface area contributed by atoms with E-state index < -0.39 is 0 Å². The first-order chi connectivity index (χ1) is 13.7. The number of carbonyl (C=O) groups excluding carboxylic acids is 1. The van der Waals surface area contributed by atoms with Crippen molar-refractivity contribution in [1.82, 2.24) is 15.5 Å². The van der Waals surface area contributed by atoms with Gasteiger partial charge in [-0.1, -0.05) is 0 Å². The number of benzene rings is 2. The molecule has 0 atom stereocenters. The molecular weight excluding hydrogens is 469 g/mol. The minimum absolute atomic E-state index is 0.128. The van der Waals surface area contributed by atoms with E-state index in [2.05, 4.69) is 38.1 Å². The number of nitrogens with zero attached hydrogens (tertiary/aromatic N) is 2. The van der Waals surface area contributed by atoms with Crippen molar-refractivity contribution in [3.63, 3.8) is 0 Å². The fourth-order valence-electron chi connectivity index (χ4n) is 2.46. The predicted octanol–water partition coefficient (Wildman–Crippen LogP) is 3.96. The van der Waals surface area contributed by atoms with Crippen molar-refractivity contribution in [3.8, 4) is 22.9 Å². The van der Waals surface area contributed by atoms with Gasteiger partial charge < -0.3 is 14.8 Å². The van der Waals surface area contributed by atoms with Crippen molar-refractivity contribution < 1.29 is 14.3 Å². The summed E-state index contributed by atoms with van der Waals surface area (Å²) in [5.41, 5.74) is 2.33. The number of amides is 1. The Morgan fingerprint density at radius 3 is 2.36 bits per heavy atom. The number of nitrogens with one attached hydrogen (secondary N) is 1. The largest absolute Gasteiger partial charge is 0.494 e. The number of hydrogen-bond donors (Lipinski definition) is 1. The van der Waals surface area contributed by atoms with Crippen LogP contribution in [0.5, 0.6) is 11.6 Å². The summed E-state index contributed by atoms with van der Waals surface area (Å²) >= 11 is 2.20. The fourth-order valence-corrected chi connectivity index (χ4v) is 2.82. The molecule has 3 aromatic rings. The minimum Gasteiger partial charge on any atom is -0.494 e. The van der Waals surface area contributed by atoms with Gasteiger partial charge in [-0.05, 0) is 84.1 Å². The van der Waals surface area contributed by atoms with Crippen LogP contribution >= 0.6 is 22.6 Å². The summed E-state index contributed by atoms with van der Waals surface area (Å²) < 4.78 is 12.1. The van der Waals surface area contributed by atoms with Gasteiger partial charge in [-0.15, -0.1) is 10.2 Å². The molecule has 0 bridgehead atoms. The van der Waals surface area contributed by atoms with Gasteiger partial charge in [0.1, 0.15) is 12.4 Å². The van der Waals surface area contributed by atoms with Crippen LogP contribution in [0, 0.1) is 3.57 Å². The Morgan fingerprint density at radius 1 is 0.964 bits per heavy atom. The van der Waals surface area contributed by atoms with Crippen molar-refractivity contribution in [2.45, 2.75) is 6.92 Å². The van der Waals surface area contributed by atoms with E-state index in [0.717, 1.165) is 20.6 Å². The number of hydrogen-bond acceptors (Lipinski definition) is 5. The molecule has 0 fully saturated rings. The van der Waals surface area contributed by atoms with Gasteiger partial charge in [-0.25, -0.2) is 0 Å². The molecule has 0 aliphatic heterocycles. The van der Waals surface area contributed by atoms with Crippen LogP contribution in [0.1, 0.15) is 17.3 Å². The predicted molar refractivity (Wildman–Crippen MR) is 116 cm³/mol. The molecule has 7 heteroatoms. The van der Waals surface area contributed by atoms with Gasteiger partial charge in [0.05, 0.1) is 18.8 Å². The number of rotatable bonds is 8. The van der Waals surface area contributed by atoms with Crippen molar-refractivity contribution in [2.24, 2.45) is 0 Å². The van der Waals surface area contributed by atoms with Crippen LogP contribution in [0.2, 0.25) is 0 Å². The average molecular weight is 489 g/mol. The molecule has 0 aliphatic carbocycles. The summed E-state index contributed by atoms with van der Waals surface area (Å²) in [6.07, 6.45) is 0. The number of ether oxygens (including phenoxy) is 2. The molecule has 144 valence electrons. The van der Waals surface area contributed by atoms with E-state index in [4.69, 9.17) is 9.47 Å². The molecule has 6 nitrogen and oxygen atoms in total. The van der Waals surface area contributed by atoms with E-state index in [1.165, 1.54) is 0 Å². The van der Waals surface area contributed by atoms with Gasteiger partial charge in [0.25, 0.3) is 5.91 Å². The molecule has 0 radical (unpaired) electrons. The van der Waals surface area contributed by atoms with Crippen molar-refractivity contribution in [3.05, 3.63) is 69.8 Å². The molecule has 3 rings (SSSR count). The van der Waals surface area contributed by atoms with Crippen LogP contribution < -0.4 is 14.8 Å². The lowest BCUT2D eigenvalue weighted by atomic mass is 10.1. The zero-order valence-corrected chi connectivity index (χ0v) is 17.5. The molecule has 1 amide bonds. The average Bonchev–Trinajstić information content (AvgIpc) is 2.73. The minimum atomic E-state index is -0.128. The van der Waals surface area contributed by atoms with Gasteiger partial charge in [-0.2, -0.15) is 0 Å². The number of aromatic nitrogens is 2. The second-order valence-electron chi connectivity index (χ2n) is 5.83. The quantitative estimate of drug-likeness (QED) is 0.383. The standard InChI is InChI=1S/C21H20IN3O3/c1-2-27-18-9-5-15(6-10-18)19-11-12-20(25-24-19)28-14-13-23-21(26)16-3-7-17(22)8-4-16/h3-12H,2,13-14H2,1H3,(H,23,26). The smallest absolute Gasteiger partial charge is 0.251 e. The Labute approximate surface area is 177 Å². The first kappa shape index (κ1) is 20.1.